The molecule has 1 N–H and O–H groups in total. The van der Waals surface area contributed by atoms with E-state index in [2.05, 4.69) is 15.9 Å². The molecule has 0 aliphatic heterocycles. The molecule has 0 saturated heterocycles. The van der Waals surface area contributed by atoms with Crippen LogP contribution in [-0.2, 0) is 0 Å². The Morgan fingerprint density at radius 3 is 2.46 bits per heavy atom. The lowest BCUT2D eigenvalue weighted by Gasteiger charge is -2.02. The molecule has 0 unspecified atom stereocenters. The summed E-state index contributed by atoms with van der Waals surface area (Å²) in [6.07, 6.45) is 0. The van der Waals surface area contributed by atoms with Crippen LogP contribution in [0, 0.1) is 15.2 Å². The summed E-state index contributed by atoms with van der Waals surface area (Å²) < 4.78 is 26.1. The average Bonchev–Trinajstić information content (AvgIpc) is 2.07. The van der Waals surface area contributed by atoms with Crippen molar-refractivity contribution < 1.29 is 18.7 Å². The molecular formula is C7H2BrF2IO2. The van der Waals surface area contributed by atoms with Gasteiger partial charge in [0.25, 0.3) is 0 Å². The molecule has 0 aromatic heterocycles. The third kappa shape index (κ3) is 1.98. The van der Waals surface area contributed by atoms with Crippen molar-refractivity contribution in [1.82, 2.24) is 0 Å². The molecular weight excluding hydrogens is 361 g/mol. The highest BCUT2D eigenvalue weighted by Crippen LogP contribution is 2.26. The van der Waals surface area contributed by atoms with Crippen LogP contribution in [0.3, 0.4) is 0 Å². The van der Waals surface area contributed by atoms with Gasteiger partial charge in [0.05, 0.1) is 10.0 Å². The Kier molecular flexibility index (Phi) is 3.23. The molecule has 1 rings (SSSR count). The zero-order chi connectivity index (χ0) is 10.2. The van der Waals surface area contributed by atoms with E-state index in [1.807, 2.05) is 0 Å². The minimum Gasteiger partial charge on any atom is -0.478 e. The molecule has 0 radical (unpaired) electrons. The van der Waals surface area contributed by atoms with E-state index in [9.17, 15) is 13.6 Å². The Morgan fingerprint density at radius 1 is 1.46 bits per heavy atom. The number of halogens is 4. The molecule has 1 aromatic rings. The molecule has 2 nitrogen and oxygen atoms in total. The van der Waals surface area contributed by atoms with E-state index in [1.54, 1.807) is 22.6 Å². The van der Waals surface area contributed by atoms with Gasteiger partial charge in [0.2, 0.25) is 0 Å². The summed E-state index contributed by atoms with van der Waals surface area (Å²) in [5.74, 6) is -4.01. The minimum atomic E-state index is -1.48. The SMILES string of the molecule is O=C(O)c1cc(I)c(Br)c(F)c1F. The molecule has 1 aromatic carbocycles. The number of benzene rings is 1. The summed E-state index contributed by atoms with van der Waals surface area (Å²) in [4.78, 5) is 10.4. The second-order valence-corrected chi connectivity index (χ2v) is 4.11. The van der Waals surface area contributed by atoms with Crippen molar-refractivity contribution in [2.75, 3.05) is 0 Å². The third-order valence-corrected chi connectivity index (χ3v) is 3.70. The van der Waals surface area contributed by atoms with E-state index in [0.717, 1.165) is 6.07 Å². The molecule has 0 aliphatic carbocycles. The summed E-state index contributed by atoms with van der Waals surface area (Å²) in [5.41, 5.74) is -0.662. The van der Waals surface area contributed by atoms with Crippen molar-refractivity contribution >= 4 is 44.5 Å². The van der Waals surface area contributed by atoms with Crippen molar-refractivity contribution in [3.05, 3.63) is 31.3 Å². The van der Waals surface area contributed by atoms with Gasteiger partial charge in [-0.1, -0.05) is 0 Å². The fraction of sp³-hybridized carbons (Fsp3) is 0. The highest BCUT2D eigenvalue weighted by molar-refractivity contribution is 14.1. The van der Waals surface area contributed by atoms with Crippen molar-refractivity contribution in [2.45, 2.75) is 0 Å². The van der Waals surface area contributed by atoms with Crippen molar-refractivity contribution in [3.8, 4) is 0 Å². The van der Waals surface area contributed by atoms with Gasteiger partial charge in [0, 0.05) is 3.57 Å². The quantitative estimate of drug-likeness (QED) is 0.473. The topological polar surface area (TPSA) is 37.3 Å². The summed E-state index contributed by atoms with van der Waals surface area (Å²) in [6.45, 7) is 0. The number of carboxylic acid groups (broad SMARTS) is 1. The summed E-state index contributed by atoms with van der Waals surface area (Å²) in [7, 11) is 0. The van der Waals surface area contributed by atoms with Gasteiger partial charge in [-0.15, -0.1) is 0 Å². The molecule has 0 aliphatic rings. The van der Waals surface area contributed by atoms with Gasteiger partial charge in [-0.2, -0.15) is 0 Å². The minimum absolute atomic E-state index is 0.0596. The first-order valence-corrected chi connectivity index (χ1v) is 4.88. The van der Waals surface area contributed by atoms with E-state index in [4.69, 9.17) is 5.11 Å². The van der Waals surface area contributed by atoms with Gasteiger partial charge < -0.3 is 5.11 Å². The maximum atomic E-state index is 12.9. The second-order valence-electron chi connectivity index (χ2n) is 2.15. The maximum absolute atomic E-state index is 12.9. The van der Waals surface area contributed by atoms with Crippen LogP contribution in [-0.4, -0.2) is 11.1 Å². The first-order chi connectivity index (χ1) is 5.95. The van der Waals surface area contributed by atoms with E-state index in [0.29, 0.717) is 3.57 Å². The highest BCUT2D eigenvalue weighted by Gasteiger charge is 2.19. The Morgan fingerprint density at radius 2 is 2.00 bits per heavy atom. The number of hydrogen-bond acceptors (Lipinski definition) is 1. The van der Waals surface area contributed by atoms with Crippen LogP contribution in [0.4, 0.5) is 8.78 Å². The Bertz CT molecular complexity index is 381. The number of rotatable bonds is 1. The number of carbonyl (C=O) groups is 1. The summed E-state index contributed by atoms with van der Waals surface area (Å²) in [6, 6.07) is 1.06. The predicted molar refractivity (Wildman–Crippen MR) is 53.7 cm³/mol. The molecule has 0 saturated carbocycles. The fourth-order valence-corrected chi connectivity index (χ4v) is 1.57. The maximum Gasteiger partial charge on any atom is 0.338 e. The van der Waals surface area contributed by atoms with Gasteiger partial charge in [0.1, 0.15) is 0 Å². The van der Waals surface area contributed by atoms with E-state index in [-0.39, 0.29) is 4.47 Å². The van der Waals surface area contributed by atoms with Crippen LogP contribution in [0.1, 0.15) is 10.4 Å². The van der Waals surface area contributed by atoms with Crippen molar-refractivity contribution in [2.24, 2.45) is 0 Å². The Labute approximate surface area is 94.2 Å². The van der Waals surface area contributed by atoms with Crippen LogP contribution >= 0.6 is 38.5 Å². The van der Waals surface area contributed by atoms with Gasteiger partial charge in [-0.05, 0) is 44.6 Å². The largest absolute Gasteiger partial charge is 0.478 e. The second kappa shape index (κ2) is 3.87. The lowest BCUT2D eigenvalue weighted by Crippen LogP contribution is -2.04. The normalized spacial score (nSPS) is 10.2. The predicted octanol–water partition coefficient (Wildman–Crippen LogP) is 3.03. The van der Waals surface area contributed by atoms with E-state index in [1.165, 1.54) is 0 Å². The van der Waals surface area contributed by atoms with E-state index < -0.39 is 23.2 Å². The molecule has 0 heterocycles. The molecule has 13 heavy (non-hydrogen) atoms. The Hall–Kier alpha value is -0.240. The number of carboxylic acids is 1. The van der Waals surface area contributed by atoms with Crippen molar-refractivity contribution in [1.29, 1.82) is 0 Å². The van der Waals surface area contributed by atoms with Gasteiger partial charge in [-0.3, -0.25) is 0 Å². The molecule has 0 bridgehead atoms. The van der Waals surface area contributed by atoms with Gasteiger partial charge in [0.15, 0.2) is 11.6 Å². The van der Waals surface area contributed by atoms with Crippen LogP contribution in [0.25, 0.3) is 0 Å². The van der Waals surface area contributed by atoms with Crippen LogP contribution in [0.5, 0.6) is 0 Å². The molecule has 6 heteroatoms. The molecule has 0 atom stereocenters. The van der Waals surface area contributed by atoms with Crippen LogP contribution in [0.2, 0.25) is 0 Å². The summed E-state index contributed by atoms with van der Waals surface area (Å²) >= 11 is 4.51. The highest BCUT2D eigenvalue weighted by atomic mass is 127. The zero-order valence-electron chi connectivity index (χ0n) is 5.94. The monoisotopic (exact) mass is 362 g/mol. The first kappa shape index (κ1) is 10.8. The molecule has 0 fully saturated rings. The zero-order valence-corrected chi connectivity index (χ0v) is 9.69. The smallest absolute Gasteiger partial charge is 0.338 e. The molecule has 0 amide bonds. The lowest BCUT2D eigenvalue weighted by molar-refractivity contribution is 0.0690. The van der Waals surface area contributed by atoms with Crippen molar-refractivity contribution in [3.63, 3.8) is 0 Å². The Balaban J connectivity index is 3.50. The third-order valence-electron chi connectivity index (χ3n) is 1.33. The fourth-order valence-electron chi connectivity index (χ4n) is 0.728. The van der Waals surface area contributed by atoms with Crippen LogP contribution in [0.15, 0.2) is 10.5 Å². The standard InChI is InChI=1S/C7H2BrF2IO2/c8-4-3(11)1-2(7(12)13)5(9)6(4)10/h1H,(H,12,13). The number of aromatic carboxylic acids is 1. The first-order valence-electron chi connectivity index (χ1n) is 3.01. The molecule has 70 valence electrons. The lowest BCUT2D eigenvalue weighted by atomic mass is 10.2. The average molecular weight is 363 g/mol. The van der Waals surface area contributed by atoms with Crippen LogP contribution < -0.4 is 0 Å². The summed E-state index contributed by atoms with van der Waals surface area (Å²) in [5, 5.41) is 8.48. The molecule has 0 spiro atoms. The van der Waals surface area contributed by atoms with Gasteiger partial charge >= 0.3 is 5.97 Å². The van der Waals surface area contributed by atoms with Gasteiger partial charge in [-0.25, -0.2) is 13.6 Å². The number of hydrogen-bond donors (Lipinski definition) is 1. The van der Waals surface area contributed by atoms with E-state index >= 15 is 0 Å².